The van der Waals surface area contributed by atoms with Crippen LogP contribution < -0.4 is 4.74 Å². The average molecular weight is 254 g/mol. The number of halogens is 1. The summed E-state index contributed by atoms with van der Waals surface area (Å²) >= 11 is 7.51. The van der Waals surface area contributed by atoms with Gasteiger partial charge in [-0.3, -0.25) is 4.98 Å². The van der Waals surface area contributed by atoms with Gasteiger partial charge in [0, 0.05) is 10.6 Å². The lowest BCUT2D eigenvalue weighted by Crippen LogP contribution is -1.99. The number of aryl methyl sites for hydroxylation is 1. The van der Waals surface area contributed by atoms with Crippen LogP contribution in [0, 0.1) is 6.92 Å². The van der Waals surface area contributed by atoms with Gasteiger partial charge in [-0.2, -0.15) is 0 Å². The Labute approximate surface area is 104 Å². The fourth-order valence-corrected chi connectivity index (χ4v) is 2.18. The lowest BCUT2D eigenvalue weighted by atomic mass is 10.3. The Bertz CT molecular complexity index is 456. The van der Waals surface area contributed by atoms with E-state index >= 15 is 0 Å². The maximum absolute atomic E-state index is 5.82. The lowest BCUT2D eigenvalue weighted by Gasteiger charge is -2.08. The van der Waals surface area contributed by atoms with Crippen LogP contribution in [-0.2, 0) is 12.5 Å². The second kappa shape index (κ2) is 5.32. The Morgan fingerprint density at radius 3 is 2.94 bits per heavy atom. The quantitative estimate of drug-likeness (QED) is 0.774. The van der Waals surface area contributed by atoms with E-state index in [1.165, 1.54) is 4.88 Å². The smallest absolute Gasteiger partial charge is 0.142 e. The summed E-state index contributed by atoms with van der Waals surface area (Å²) in [6, 6.07) is 7.92. The summed E-state index contributed by atoms with van der Waals surface area (Å²) in [4.78, 5) is 5.53. The van der Waals surface area contributed by atoms with Gasteiger partial charge < -0.3 is 4.74 Å². The molecule has 0 unspecified atom stereocenters. The fraction of sp³-hybridized carbons (Fsp3) is 0.250. The van der Waals surface area contributed by atoms with Gasteiger partial charge in [-0.25, -0.2) is 0 Å². The molecular formula is C12H12ClNOS. The molecule has 16 heavy (non-hydrogen) atoms. The van der Waals surface area contributed by atoms with Crippen LogP contribution in [0.15, 0.2) is 29.6 Å². The highest BCUT2D eigenvalue weighted by molar-refractivity contribution is 7.09. The van der Waals surface area contributed by atoms with Gasteiger partial charge >= 0.3 is 0 Å². The minimum Gasteiger partial charge on any atom is -0.486 e. The van der Waals surface area contributed by atoms with Crippen LogP contribution in [0.5, 0.6) is 5.75 Å². The number of rotatable bonds is 4. The molecular weight excluding hydrogens is 242 g/mol. The van der Waals surface area contributed by atoms with E-state index in [0.717, 1.165) is 17.1 Å². The van der Waals surface area contributed by atoms with Crippen LogP contribution in [0.2, 0.25) is 0 Å². The zero-order valence-electron chi connectivity index (χ0n) is 8.94. The SMILES string of the molecule is Cc1ccc(OCc2cccs2)c(CCl)n1. The summed E-state index contributed by atoms with van der Waals surface area (Å²) in [6.45, 7) is 2.52. The normalized spacial score (nSPS) is 10.4. The minimum absolute atomic E-state index is 0.376. The molecule has 0 amide bonds. The van der Waals surface area contributed by atoms with Crippen LogP contribution in [0.1, 0.15) is 16.3 Å². The van der Waals surface area contributed by atoms with E-state index in [0.29, 0.717) is 12.5 Å². The maximum Gasteiger partial charge on any atom is 0.142 e. The summed E-state index contributed by atoms with van der Waals surface area (Å²) in [5.74, 6) is 1.15. The van der Waals surface area contributed by atoms with E-state index in [1.54, 1.807) is 11.3 Å². The van der Waals surface area contributed by atoms with Crippen molar-refractivity contribution in [2.45, 2.75) is 19.4 Å². The molecule has 0 fully saturated rings. The molecule has 84 valence electrons. The van der Waals surface area contributed by atoms with Crippen LogP contribution in [0.25, 0.3) is 0 Å². The van der Waals surface area contributed by atoms with Gasteiger partial charge in [-0.1, -0.05) is 6.07 Å². The standard InChI is InChI=1S/C12H12ClNOS/c1-9-4-5-12(11(7-13)14-9)15-8-10-3-2-6-16-10/h2-6H,7-8H2,1H3. The Hall–Kier alpha value is -1.06. The molecule has 2 aromatic rings. The van der Waals surface area contributed by atoms with Crippen molar-refractivity contribution in [3.63, 3.8) is 0 Å². The van der Waals surface area contributed by atoms with Crippen molar-refractivity contribution < 1.29 is 4.74 Å². The molecule has 0 spiro atoms. The Kier molecular flexibility index (Phi) is 3.80. The number of aromatic nitrogens is 1. The van der Waals surface area contributed by atoms with E-state index in [2.05, 4.69) is 4.98 Å². The molecule has 2 rings (SSSR count). The number of ether oxygens (including phenoxy) is 1. The molecule has 2 heterocycles. The maximum atomic E-state index is 5.82. The second-order valence-electron chi connectivity index (χ2n) is 3.40. The Balaban J connectivity index is 2.09. The van der Waals surface area contributed by atoms with Crippen LogP contribution in [0.3, 0.4) is 0 Å². The van der Waals surface area contributed by atoms with Crippen molar-refractivity contribution in [1.82, 2.24) is 4.98 Å². The summed E-state index contributed by atoms with van der Waals surface area (Å²) in [7, 11) is 0. The predicted molar refractivity (Wildman–Crippen MR) is 67.2 cm³/mol. The highest BCUT2D eigenvalue weighted by atomic mass is 35.5. The summed E-state index contributed by atoms with van der Waals surface area (Å²) in [5.41, 5.74) is 1.76. The molecule has 0 aliphatic rings. The van der Waals surface area contributed by atoms with E-state index in [1.807, 2.05) is 36.6 Å². The molecule has 0 saturated heterocycles. The first-order chi connectivity index (χ1) is 7.79. The van der Waals surface area contributed by atoms with Crippen LogP contribution in [-0.4, -0.2) is 4.98 Å². The third kappa shape index (κ3) is 2.74. The topological polar surface area (TPSA) is 22.1 Å². The number of pyridine rings is 1. The predicted octanol–water partition coefficient (Wildman–Crippen LogP) is 3.77. The first kappa shape index (κ1) is 11.4. The molecule has 0 radical (unpaired) electrons. The molecule has 0 atom stereocenters. The van der Waals surface area contributed by atoms with Gasteiger partial charge in [0.2, 0.25) is 0 Å². The molecule has 0 bridgehead atoms. The molecule has 0 N–H and O–H groups in total. The molecule has 0 aliphatic heterocycles. The van der Waals surface area contributed by atoms with Gasteiger partial charge in [-0.15, -0.1) is 22.9 Å². The number of hydrogen-bond donors (Lipinski definition) is 0. The van der Waals surface area contributed by atoms with Gasteiger partial charge in [0.05, 0.1) is 11.6 Å². The van der Waals surface area contributed by atoms with Crippen molar-refractivity contribution >= 4 is 22.9 Å². The highest BCUT2D eigenvalue weighted by Crippen LogP contribution is 2.21. The van der Waals surface area contributed by atoms with E-state index in [-0.39, 0.29) is 0 Å². The molecule has 0 aromatic carbocycles. The van der Waals surface area contributed by atoms with Gasteiger partial charge in [-0.05, 0) is 30.5 Å². The van der Waals surface area contributed by atoms with Gasteiger partial charge in [0.1, 0.15) is 12.4 Å². The highest BCUT2D eigenvalue weighted by Gasteiger charge is 2.05. The molecule has 0 aliphatic carbocycles. The van der Waals surface area contributed by atoms with Crippen LogP contribution in [0.4, 0.5) is 0 Å². The van der Waals surface area contributed by atoms with Crippen molar-refractivity contribution in [2.24, 2.45) is 0 Å². The minimum atomic E-state index is 0.376. The zero-order valence-corrected chi connectivity index (χ0v) is 10.5. The summed E-state index contributed by atoms with van der Waals surface area (Å²) in [5, 5.41) is 2.04. The third-order valence-electron chi connectivity index (χ3n) is 2.15. The lowest BCUT2D eigenvalue weighted by molar-refractivity contribution is 0.305. The van der Waals surface area contributed by atoms with Gasteiger partial charge in [0.25, 0.3) is 0 Å². The zero-order chi connectivity index (χ0) is 11.4. The average Bonchev–Trinajstić information content (AvgIpc) is 2.80. The van der Waals surface area contributed by atoms with Crippen molar-refractivity contribution in [1.29, 1.82) is 0 Å². The van der Waals surface area contributed by atoms with E-state index in [9.17, 15) is 0 Å². The van der Waals surface area contributed by atoms with Crippen molar-refractivity contribution in [3.8, 4) is 5.75 Å². The first-order valence-electron chi connectivity index (χ1n) is 4.97. The Morgan fingerprint density at radius 2 is 2.25 bits per heavy atom. The van der Waals surface area contributed by atoms with E-state index < -0.39 is 0 Å². The number of hydrogen-bond acceptors (Lipinski definition) is 3. The van der Waals surface area contributed by atoms with Crippen molar-refractivity contribution in [2.75, 3.05) is 0 Å². The van der Waals surface area contributed by atoms with Crippen molar-refractivity contribution in [3.05, 3.63) is 45.9 Å². The summed E-state index contributed by atoms with van der Waals surface area (Å²) in [6.07, 6.45) is 0. The second-order valence-corrected chi connectivity index (χ2v) is 4.70. The number of alkyl halides is 1. The van der Waals surface area contributed by atoms with E-state index in [4.69, 9.17) is 16.3 Å². The fourth-order valence-electron chi connectivity index (χ4n) is 1.37. The molecule has 2 nitrogen and oxygen atoms in total. The monoisotopic (exact) mass is 253 g/mol. The first-order valence-corrected chi connectivity index (χ1v) is 6.38. The van der Waals surface area contributed by atoms with Crippen LogP contribution >= 0.6 is 22.9 Å². The number of thiophene rings is 1. The molecule has 0 saturated carbocycles. The summed E-state index contributed by atoms with van der Waals surface area (Å²) < 4.78 is 5.69. The largest absolute Gasteiger partial charge is 0.486 e. The third-order valence-corrected chi connectivity index (χ3v) is 3.25. The van der Waals surface area contributed by atoms with Gasteiger partial charge in [0.15, 0.2) is 0 Å². The number of nitrogens with zero attached hydrogens (tertiary/aromatic N) is 1. The molecule has 4 heteroatoms. The Morgan fingerprint density at radius 1 is 1.38 bits per heavy atom. The molecule has 2 aromatic heterocycles.